The average Bonchev–Trinajstić information content (AvgIpc) is 2.82. The smallest absolute Gasteiger partial charge is 0.336 e. The number of ether oxygens (including phenoxy) is 2. The molecular formula is C14H18FNO4. The molecule has 2 rings (SSSR count). The minimum absolute atomic E-state index is 0.000154. The summed E-state index contributed by atoms with van der Waals surface area (Å²) in [4.78, 5) is 13.2. The topological polar surface area (TPSA) is 59.0 Å². The molecule has 1 aliphatic rings. The van der Waals surface area contributed by atoms with E-state index in [4.69, 9.17) is 14.6 Å². The lowest BCUT2D eigenvalue weighted by atomic mass is 10.1. The van der Waals surface area contributed by atoms with Crippen LogP contribution in [0.3, 0.4) is 0 Å². The third-order valence-electron chi connectivity index (χ3n) is 3.59. The largest absolute Gasteiger partial charge is 0.478 e. The van der Waals surface area contributed by atoms with Gasteiger partial charge in [0.05, 0.1) is 17.8 Å². The zero-order valence-corrected chi connectivity index (χ0v) is 11.5. The van der Waals surface area contributed by atoms with E-state index in [1.807, 2.05) is 4.90 Å². The number of carbonyl (C=O) groups is 1. The van der Waals surface area contributed by atoms with Gasteiger partial charge in [-0.05, 0) is 17.7 Å². The Morgan fingerprint density at radius 3 is 2.45 bits per heavy atom. The summed E-state index contributed by atoms with van der Waals surface area (Å²) in [5, 5.41) is 9.13. The zero-order valence-electron chi connectivity index (χ0n) is 11.5. The van der Waals surface area contributed by atoms with E-state index >= 15 is 0 Å². The van der Waals surface area contributed by atoms with Crippen molar-refractivity contribution in [2.24, 2.45) is 0 Å². The lowest BCUT2D eigenvalue weighted by molar-refractivity contribution is -0.00461. The van der Waals surface area contributed by atoms with E-state index in [2.05, 4.69) is 0 Å². The number of hydrogen-bond acceptors (Lipinski definition) is 4. The average molecular weight is 283 g/mol. The lowest BCUT2D eigenvalue weighted by Gasteiger charge is -2.16. The second-order valence-corrected chi connectivity index (χ2v) is 4.85. The Kier molecular flexibility index (Phi) is 4.69. The summed E-state index contributed by atoms with van der Waals surface area (Å²) in [6.07, 6.45) is -0.0672. The van der Waals surface area contributed by atoms with Gasteiger partial charge in [0, 0.05) is 33.9 Å². The van der Waals surface area contributed by atoms with Crippen molar-refractivity contribution in [3.05, 3.63) is 35.1 Å². The van der Waals surface area contributed by atoms with Crippen molar-refractivity contribution in [3.8, 4) is 0 Å². The highest BCUT2D eigenvalue weighted by Crippen LogP contribution is 2.20. The highest BCUT2D eigenvalue weighted by molar-refractivity contribution is 5.89. The number of methoxy groups -OCH3 is 2. The van der Waals surface area contributed by atoms with Crippen molar-refractivity contribution in [1.82, 2.24) is 4.90 Å². The summed E-state index contributed by atoms with van der Waals surface area (Å²) in [6, 6.07) is 3.84. The molecule has 0 aliphatic carbocycles. The second-order valence-electron chi connectivity index (χ2n) is 4.85. The highest BCUT2D eigenvalue weighted by atomic mass is 19.1. The SMILES string of the molecule is COC1CN(Cc2ccc(F)cc2C(=O)O)CC1OC. The molecular weight excluding hydrogens is 265 g/mol. The molecule has 1 aliphatic heterocycles. The van der Waals surface area contributed by atoms with Crippen LogP contribution in [0.25, 0.3) is 0 Å². The van der Waals surface area contributed by atoms with Gasteiger partial charge in [0.15, 0.2) is 0 Å². The Labute approximate surface area is 116 Å². The van der Waals surface area contributed by atoms with Gasteiger partial charge in [0.1, 0.15) is 5.82 Å². The summed E-state index contributed by atoms with van der Waals surface area (Å²) < 4.78 is 23.8. The van der Waals surface area contributed by atoms with E-state index in [-0.39, 0.29) is 17.8 Å². The van der Waals surface area contributed by atoms with E-state index in [1.54, 1.807) is 14.2 Å². The van der Waals surface area contributed by atoms with Gasteiger partial charge in [-0.1, -0.05) is 6.07 Å². The summed E-state index contributed by atoms with van der Waals surface area (Å²) in [6.45, 7) is 1.75. The van der Waals surface area contributed by atoms with Gasteiger partial charge in [0.25, 0.3) is 0 Å². The van der Waals surface area contributed by atoms with Gasteiger partial charge in [-0.2, -0.15) is 0 Å². The fourth-order valence-corrected chi connectivity index (χ4v) is 2.53. The molecule has 0 aromatic heterocycles. The molecule has 2 unspecified atom stereocenters. The summed E-state index contributed by atoms with van der Waals surface area (Å²) >= 11 is 0. The fourth-order valence-electron chi connectivity index (χ4n) is 2.53. The quantitative estimate of drug-likeness (QED) is 0.884. The van der Waals surface area contributed by atoms with Gasteiger partial charge >= 0.3 is 5.97 Å². The molecule has 1 aromatic carbocycles. The Morgan fingerprint density at radius 2 is 1.95 bits per heavy atom. The number of benzene rings is 1. The van der Waals surface area contributed by atoms with Crippen molar-refractivity contribution in [1.29, 1.82) is 0 Å². The van der Waals surface area contributed by atoms with Gasteiger partial charge in [0.2, 0.25) is 0 Å². The predicted octanol–water partition coefficient (Wildman–Crippen LogP) is 1.37. The Balaban J connectivity index is 2.13. The third kappa shape index (κ3) is 3.15. The van der Waals surface area contributed by atoms with Crippen LogP contribution in [-0.2, 0) is 16.0 Å². The van der Waals surface area contributed by atoms with Crippen molar-refractivity contribution < 1.29 is 23.8 Å². The number of likely N-dealkylation sites (tertiary alicyclic amines) is 1. The normalized spacial score (nSPS) is 23.1. The minimum atomic E-state index is -1.12. The molecule has 0 radical (unpaired) electrons. The predicted molar refractivity (Wildman–Crippen MR) is 70.2 cm³/mol. The number of carboxylic acid groups (broad SMARTS) is 1. The molecule has 5 nitrogen and oxygen atoms in total. The molecule has 2 atom stereocenters. The van der Waals surface area contributed by atoms with Crippen molar-refractivity contribution in [2.75, 3.05) is 27.3 Å². The maximum Gasteiger partial charge on any atom is 0.336 e. The molecule has 6 heteroatoms. The minimum Gasteiger partial charge on any atom is -0.478 e. The van der Waals surface area contributed by atoms with Gasteiger partial charge in [-0.3, -0.25) is 4.90 Å². The number of aromatic carboxylic acids is 1. The van der Waals surface area contributed by atoms with Crippen molar-refractivity contribution in [3.63, 3.8) is 0 Å². The van der Waals surface area contributed by atoms with Gasteiger partial charge in [-0.15, -0.1) is 0 Å². The molecule has 110 valence electrons. The van der Waals surface area contributed by atoms with Crippen LogP contribution in [0, 0.1) is 5.82 Å². The maximum atomic E-state index is 13.1. The van der Waals surface area contributed by atoms with Crippen LogP contribution >= 0.6 is 0 Å². The monoisotopic (exact) mass is 283 g/mol. The first-order chi connectivity index (χ1) is 9.55. The number of nitrogens with zero attached hydrogens (tertiary/aromatic N) is 1. The molecule has 1 fully saturated rings. The van der Waals surface area contributed by atoms with E-state index in [0.29, 0.717) is 25.2 Å². The Hall–Kier alpha value is -1.50. The second kappa shape index (κ2) is 6.30. The van der Waals surface area contributed by atoms with E-state index in [9.17, 15) is 9.18 Å². The van der Waals surface area contributed by atoms with E-state index in [1.165, 1.54) is 12.1 Å². The fraction of sp³-hybridized carbons (Fsp3) is 0.500. The molecule has 1 heterocycles. The van der Waals surface area contributed by atoms with Crippen molar-refractivity contribution in [2.45, 2.75) is 18.8 Å². The Morgan fingerprint density at radius 1 is 1.35 bits per heavy atom. The highest BCUT2D eigenvalue weighted by Gasteiger charge is 2.33. The van der Waals surface area contributed by atoms with Crippen LogP contribution in [0.15, 0.2) is 18.2 Å². The molecule has 0 amide bonds. The molecule has 20 heavy (non-hydrogen) atoms. The van der Waals surface area contributed by atoms with Crippen molar-refractivity contribution >= 4 is 5.97 Å². The van der Waals surface area contributed by atoms with Crippen LogP contribution in [-0.4, -0.2) is 55.5 Å². The summed E-state index contributed by atoms with van der Waals surface area (Å²) in [5.74, 6) is -1.66. The molecule has 0 saturated carbocycles. The van der Waals surface area contributed by atoms with Crippen LogP contribution in [0.1, 0.15) is 15.9 Å². The molecule has 1 aromatic rings. The first-order valence-corrected chi connectivity index (χ1v) is 6.34. The maximum absolute atomic E-state index is 13.1. The third-order valence-corrected chi connectivity index (χ3v) is 3.59. The summed E-state index contributed by atoms with van der Waals surface area (Å²) in [7, 11) is 3.25. The van der Waals surface area contributed by atoms with Crippen LogP contribution in [0.5, 0.6) is 0 Å². The first kappa shape index (κ1) is 14.9. The standard InChI is InChI=1S/C14H18FNO4/c1-19-12-7-16(8-13(12)20-2)6-9-3-4-10(15)5-11(9)14(17)18/h3-5,12-13H,6-8H2,1-2H3,(H,17,18). The van der Waals surface area contributed by atoms with Gasteiger partial charge < -0.3 is 14.6 Å². The molecule has 0 bridgehead atoms. The van der Waals surface area contributed by atoms with Crippen LogP contribution in [0.2, 0.25) is 0 Å². The number of hydrogen-bond donors (Lipinski definition) is 1. The first-order valence-electron chi connectivity index (χ1n) is 6.34. The molecule has 1 saturated heterocycles. The van der Waals surface area contributed by atoms with Gasteiger partial charge in [-0.25, -0.2) is 9.18 Å². The van der Waals surface area contributed by atoms with E-state index in [0.717, 1.165) is 6.07 Å². The van der Waals surface area contributed by atoms with Crippen LogP contribution < -0.4 is 0 Å². The Bertz CT molecular complexity index is 482. The molecule has 1 N–H and O–H groups in total. The van der Waals surface area contributed by atoms with Crippen LogP contribution in [0.4, 0.5) is 4.39 Å². The number of halogens is 1. The molecule has 0 spiro atoms. The zero-order chi connectivity index (χ0) is 14.7. The number of carboxylic acids is 1. The summed E-state index contributed by atoms with van der Waals surface area (Å²) in [5.41, 5.74) is 0.588. The number of rotatable bonds is 5. The van der Waals surface area contributed by atoms with E-state index < -0.39 is 11.8 Å². The lowest BCUT2D eigenvalue weighted by Crippen LogP contribution is -2.27.